The molecule has 5 fully saturated rings. The fourth-order valence-electron chi connectivity index (χ4n) is 8.61. The summed E-state index contributed by atoms with van der Waals surface area (Å²) in [7, 11) is 0. The number of furan rings is 1. The predicted octanol–water partition coefficient (Wildman–Crippen LogP) is 6.94. The number of fused-ring (bicyclic) bond motifs is 3. The minimum absolute atomic E-state index is 0.181. The van der Waals surface area contributed by atoms with Crippen LogP contribution in [0.5, 0.6) is 0 Å². The van der Waals surface area contributed by atoms with Crippen LogP contribution >= 0.6 is 0 Å². The van der Waals surface area contributed by atoms with Gasteiger partial charge in [0.2, 0.25) is 0 Å². The average Bonchev–Trinajstić information content (AvgIpc) is 3.34. The van der Waals surface area contributed by atoms with Crippen molar-refractivity contribution < 1.29 is 4.42 Å². The second-order valence-electron chi connectivity index (χ2n) is 11.4. The quantitative estimate of drug-likeness (QED) is 0.451. The average molecular weight is 386 g/mol. The molecule has 1 aromatic heterocycles. The van der Waals surface area contributed by atoms with Crippen molar-refractivity contribution in [1.82, 2.24) is 0 Å². The minimum Gasteiger partial charge on any atom is -0.454 e. The summed E-state index contributed by atoms with van der Waals surface area (Å²) >= 11 is 0. The van der Waals surface area contributed by atoms with Gasteiger partial charge in [-0.3, -0.25) is 0 Å². The molecule has 1 saturated heterocycles. The lowest BCUT2D eigenvalue weighted by molar-refractivity contribution is 0.0837. The second-order valence-corrected chi connectivity index (χ2v) is 11.4. The molecule has 5 unspecified atom stereocenters. The van der Waals surface area contributed by atoms with Gasteiger partial charge in [0.15, 0.2) is 5.58 Å². The summed E-state index contributed by atoms with van der Waals surface area (Å²) in [6.45, 7) is 8.48. The van der Waals surface area contributed by atoms with E-state index >= 15 is 0 Å². The van der Waals surface area contributed by atoms with Crippen molar-refractivity contribution in [1.29, 1.82) is 0 Å². The number of rotatable bonds is 1. The predicted molar refractivity (Wildman–Crippen MR) is 119 cm³/mol. The van der Waals surface area contributed by atoms with Crippen LogP contribution in [0, 0.1) is 36.0 Å². The highest BCUT2D eigenvalue weighted by atomic mass is 16.3. The van der Waals surface area contributed by atoms with E-state index in [1.165, 1.54) is 60.7 Å². The molecule has 0 N–H and O–H groups in total. The van der Waals surface area contributed by atoms with Crippen molar-refractivity contribution >= 4 is 27.6 Å². The van der Waals surface area contributed by atoms with Gasteiger partial charge >= 0.3 is 0 Å². The van der Waals surface area contributed by atoms with Gasteiger partial charge in [0, 0.05) is 22.9 Å². The van der Waals surface area contributed by atoms with Gasteiger partial charge in [0.25, 0.3) is 0 Å². The second kappa shape index (κ2) is 5.20. The van der Waals surface area contributed by atoms with Gasteiger partial charge in [-0.1, -0.05) is 30.3 Å². The number of benzene rings is 2. The van der Waals surface area contributed by atoms with E-state index < -0.39 is 0 Å². The van der Waals surface area contributed by atoms with Crippen LogP contribution in [0.1, 0.15) is 51.5 Å². The molecule has 4 bridgehead atoms. The fourth-order valence-corrected chi connectivity index (χ4v) is 8.61. The molecule has 2 aromatic carbocycles. The van der Waals surface area contributed by atoms with Crippen LogP contribution in [0.3, 0.4) is 0 Å². The monoisotopic (exact) mass is 385 g/mol. The molecule has 150 valence electrons. The summed E-state index contributed by atoms with van der Waals surface area (Å²) in [4.78, 5) is 2.76. The van der Waals surface area contributed by atoms with Gasteiger partial charge < -0.3 is 9.32 Å². The summed E-state index contributed by atoms with van der Waals surface area (Å²) in [6, 6.07) is 13.1. The van der Waals surface area contributed by atoms with E-state index in [0.29, 0.717) is 5.41 Å². The van der Waals surface area contributed by atoms with Crippen LogP contribution in [0.15, 0.2) is 40.8 Å². The van der Waals surface area contributed by atoms with Crippen LogP contribution in [0.25, 0.3) is 21.9 Å². The molecular formula is C27H31NO. The number of hydrogen-bond donors (Lipinski definition) is 0. The first-order valence-corrected chi connectivity index (χ1v) is 11.6. The zero-order chi connectivity index (χ0) is 19.5. The van der Waals surface area contributed by atoms with Crippen LogP contribution in [-0.2, 0) is 0 Å². The van der Waals surface area contributed by atoms with E-state index in [4.69, 9.17) is 4.42 Å². The van der Waals surface area contributed by atoms with E-state index in [2.05, 4.69) is 62.1 Å². The van der Waals surface area contributed by atoms with Gasteiger partial charge in [-0.2, -0.15) is 0 Å². The van der Waals surface area contributed by atoms with Crippen molar-refractivity contribution in [3.8, 4) is 0 Å². The molecule has 29 heavy (non-hydrogen) atoms. The third-order valence-electron chi connectivity index (χ3n) is 9.49. The maximum Gasteiger partial charge on any atom is 0.158 e. The van der Waals surface area contributed by atoms with Gasteiger partial charge in [0.1, 0.15) is 5.58 Å². The van der Waals surface area contributed by atoms with Crippen molar-refractivity contribution in [2.75, 3.05) is 11.4 Å². The molecule has 5 aliphatic rings. The molecule has 2 nitrogen and oxygen atoms in total. The highest BCUT2D eigenvalue weighted by Gasteiger charge is 2.66. The Morgan fingerprint density at radius 2 is 1.83 bits per heavy atom. The molecule has 4 aliphatic carbocycles. The highest BCUT2D eigenvalue weighted by Crippen LogP contribution is 2.71. The van der Waals surface area contributed by atoms with E-state index in [0.717, 1.165) is 34.8 Å². The Morgan fingerprint density at radius 1 is 0.966 bits per heavy atom. The number of nitrogens with zero attached hydrogens (tertiary/aromatic N) is 1. The zero-order valence-corrected chi connectivity index (χ0v) is 17.9. The Bertz CT molecular complexity index is 1150. The molecule has 4 saturated carbocycles. The van der Waals surface area contributed by atoms with Crippen LogP contribution in [-0.4, -0.2) is 12.1 Å². The molecule has 1 spiro atoms. The Hall–Kier alpha value is -1.96. The molecule has 0 radical (unpaired) electrons. The van der Waals surface area contributed by atoms with E-state index in [1.807, 2.05) is 0 Å². The first-order valence-electron chi connectivity index (χ1n) is 11.6. The number of hydrogen-bond acceptors (Lipinski definition) is 2. The summed E-state index contributed by atoms with van der Waals surface area (Å²) < 4.78 is 6.50. The Balaban J connectivity index is 1.41. The molecular weight excluding hydrogens is 354 g/mol. The Morgan fingerprint density at radius 3 is 2.69 bits per heavy atom. The van der Waals surface area contributed by atoms with E-state index in [1.54, 1.807) is 0 Å². The third kappa shape index (κ3) is 1.99. The summed E-state index contributed by atoms with van der Waals surface area (Å²) in [5.74, 6) is 4.01. The lowest BCUT2D eigenvalue weighted by Gasteiger charge is -2.42. The normalized spacial score (nSPS) is 37.0. The fraction of sp³-hybridized carbons (Fsp3) is 0.556. The molecule has 1 aliphatic heterocycles. The smallest absolute Gasteiger partial charge is 0.158 e. The Labute approximate surface area is 173 Å². The van der Waals surface area contributed by atoms with E-state index in [-0.39, 0.29) is 5.54 Å². The zero-order valence-electron chi connectivity index (χ0n) is 17.9. The third-order valence-corrected chi connectivity index (χ3v) is 9.49. The lowest BCUT2D eigenvalue weighted by Crippen LogP contribution is -2.40. The molecule has 5 atom stereocenters. The summed E-state index contributed by atoms with van der Waals surface area (Å²) in [6.07, 6.45) is 7.42. The van der Waals surface area contributed by atoms with Crippen LogP contribution in [0.2, 0.25) is 0 Å². The lowest BCUT2D eigenvalue weighted by atomic mass is 9.62. The molecule has 3 aromatic rings. The molecule has 2 heteroatoms. The van der Waals surface area contributed by atoms with Crippen molar-refractivity contribution in [3.05, 3.63) is 42.0 Å². The van der Waals surface area contributed by atoms with Crippen molar-refractivity contribution in [3.63, 3.8) is 0 Å². The summed E-state index contributed by atoms with van der Waals surface area (Å²) in [5, 5.41) is 2.51. The molecule has 8 rings (SSSR count). The van der Waals surface area contributed by atoms with E-state index in [9.17, 15) is 0 Å². The minimum atomic E-state index is 0.181. The maximum absolute atomic E-state index is 6.50. The number of aryl methyl sites for hydroxylation is 1. The number of para-hydroxylation sites is 1. The van der Waals surface area contributed by atoms with Crippen molar-refractivity contribution in [2.24, 2.45) is 29.1 Å². The SMILES string of the molecule is Cc1ccc2c(oc3ccccc32)c1N1CC2(CC1(C)C)C1CC3CC(C1)C2C3. The van der Waals surface area contributed by atoms with Crippen molar-refractivity contribution in [2.45, 2.75) is 58.4 Å². The first kappa shape index (κ1) is 16.8. The van der Waals surface area contributed by atoms with Gasteiger partial charge in [-0.15, -0.1) is 0 Å². The summed E-state index contributed by atoms with van der Waals surface area (Å²) in [5.41, 5.74) is 5.55. The maximum atomic E-state index is 6.50. The van der Waals surface area contributed by atoms with Gasteiger partial charge in [-0.25, -0.2) is 0 Å². The van der Waals surface area contributed by atoms with Crippen LogP contribution < -0.4 is 4.90 Å². The largest absolute Gasteiger partial charge is 0.454 e. The standard InChI is InChI=1S/C27H31NO/c1-16-8-9-21-20-6-4-5-7-23(20)29-25(21)24(16)28-15-27(14-26(28,2)3)19-11-17-10-18(13-19)22(27)12-17/h4-9,17-19,22H,10-15H2,1-3H3. The first-order chi connectivity index (χ1) is 14.0. The highest BCUT2D eigenvalue weighted by molar-refractivity contribution is 6.09. The van der Waals surface area contributed by atoms with Gasteiger partial charge in [0.05, 0.1) is 5.69 Å². The van der Waals surface area contributed by atoms with Gasteiger partial charge in [-0.05, 0) is 93.6 Å². The van der Waals surface area contributed by atoms with Crippen LogP contribution in [0.4, 0.5) is 5.69 Å². The Kier molecular flexibility index (Phi) is 3.01. The molecule has 2 heterocycles. The topological polar surface area (TPSA) is 16.4 Å². The molecule has 0 amide bonds. The number of anilines is 1.